The molecule has 0 N–H and O–H groups in total. The van der Waals surface area contributed by atoms with Crippen molar-refractivity contribution in [1.29, 1.82) is 0 Å². The molecular formula is C72H150CrO4S2. The maximum absolute atomic E-state index is 8.59. The van der Waals surface area contributed by atoms with Gasteiger partial charge in [-0.05, 0) is 98.8 Å². The van der Waals surface area contributed by atoms with E-state index in [0.717, 1.165) is 21.8 Å². The average Bonchev–Trinajstić information content (AvgIpc) is 3.43. The van der Waals surface area contributed by atoms with Gasteiger partial charge in [-0.15, -0.1) is 0 Å². The Bertz CT molecular complexity index is 945. The molecule has 0 radical (unpaired) electrons. The fourth-order valence-corrected chi connectivity index (χ4v) is 16.3. The van der Waals surface area contributed by atoms with E-state index in [1.165, 1.54) is 385 Å². The van der Waals surface area contributed by atoms with Crippen LogP contribution in [0.4, 0.5) is 0 Å². The summed E-state index contributed by atoms with van der Waals surface area (Å²) in [5.74, 6) is 9.37. The molecule has 0 fully saturated rings. The van der Waals surface area contributed by atoms with Crippen molar-refractivity contribution in [3.05, 3.63) is 0 Å². The van der Waals surface area contributed by atoms with Gasteiger partial charge in [0.2, 0.25) is 0 Å². The molecule has 4 nitrogen and oxygen atoms in total. The van der Waals surface area contributed by atoms with E-state index in [1.54, 1.807) is 34.5 Å². The van der Waals surface area contributed by atoms with E-state index in [0.29, 0.717) is 0 Å². The quantitative estimate of drug-likeness (QED) is 0.0449. The molecule has 0 aromatic carbocycles. The van der Waals surface area contributed by atoms with Gasteiger partial charge in [-0.2, -0.15) is 0 Å². The fraction of sp³-hybridized carbons (Fsp3) is 1.00. The Hall–Kier alpha value is 0.752. The molecule has 0 rings (SSSR count). The molecule has 0 aliphatic carbocycles. The van der Waals surface area contributed by atoms with Gasteiger partial charge in [-0.25, -0.2) is 0 Å². The van der Waals surface area contributed by atoms with Crippen LogP contribution in [0, 0.1) is 0 Å². The molecule has 0 heterocycles. The van der Waals surface area contributed by atoms with Crippen molar-refractivity contribution in [3.8, 4) is 0 Å². The molecule has 0 amide bonds. The third-order valence-electron chi connectivity index (χ3n) is 16.7. The number of unbranched alkanes of at least 4 members (excludes halogenated alkanes) is 54. The van der Waals surface area contributed by atoms with Crippen molar-refractivity contribution in [2.75, 3.05) is 34.5 Å². The van der Waals surface area contributed by atoms with E-state index < -0.39 is 13.6 Å². The molecule has 0 unspecified atom stereocenters. The van der Waals surface area contributed by atoms with Crippen LogP contribution in [0.2, 0.25) is 0 Å². The molecule has 0 atom stereocenters. The first-order valence-corrected chi connectivity index (χ1v) is 42.2. The van der Waals surface area contributed by atoms with E-state index in [1.807, 2.05) is 0 Å². The normalized spacial score (nSPS) is 11.7. The van der Waals surface area contributed by atoms with Crippen molar-refractivity contribution in [2.24, 2.45) is 0 Å². The molecular weight excluding hydrogens is 1040 g/mol. The van der Waals surface area contributed by atoms with Crippen LogP contribution in [0.1, 0.15) is 427 Å². The van der Waals surface area contributed by atoms with Crippen LogP contribution in [0.3, 0.4) is 0 Å². The topological polar surface area (TPSA) is 80.3 Å². The average molecular weight is 1200 g/mol. The summed E-state index contributed by atoms with van der Waals surface area (Å²) >= 11 is -5.75. The van der Waals surface area contributed by atoms with Gasteiger partial charge in [0.15, 0.2) is 0 Å². The van der Waals surface area contributed by atoms with E-state index >= 15 is 0 Å². The van der Waals surface area contributed by atoms with Crippen LogP contribution in [0.5, 0.6) is 0 Å². The first-order chi connectivity index (χ1) is 38.7. The molecule has 480 valence electrons. The monoisotopic (exact) mass is 1200 g/mol. The standard InChI is InChI=1S/2C36H75S.Cr.4O/c2*1-4-7-10-13-16-19-22-25-28-31-34-37(35-32-29-26-23-20-17-14-11-8-5-2)36-33-30-27-24-21-18-15-12-9-6-3;;;;;/h2*4-36H2,1-3H3;;;;;/q2*+1;;;;2*-1. The first kappa shape index (κ1) is 84.0. The Labute approximate surface area is 509 Å². The summed E-state index contributed by atoms with van der Waals surface area (Å²) in [7, 11) is 1.48. The molecule has 0 aliphatic rings. The Morgan fingerprint density at radius 1 is 0.177 bits per heavy atom. The summed E-state index contributed by atoms with van der Waals surface area (Å²) in [5, 5.41) is 0. The zero-order valence-corrected chi connectivity index (χ0v) is 58.4. The van der Waals surface area contributed by atoms with Crippen molar-refractivity contribution < 1.29 is 29.5 Å². The van der Waals surface area contributed by atoms with E-state index in [9.17, 15) is 0 Å². The summed E-state index contributed by atoms with van der Waals surface area (Å²) in [6.07, 6.45) is 88.7. The summed E-state index contributed by atoms with van der Waals surface area (Å²) in [6, 6.07) is 0. The number of hydrogen-bond donors (Lipinski definition) is 0. The zero-order chi connectivity index (χ0) is 58.3. The third kappa shape index (κ3) is 87.7. The van der Waals surface area contributed by atoms with Crippen LogP contribution < -0.4 is 8.32 Å². The predicted molar refractivity (Wildman–Crippen MR) is 356 cm³/mol. The SMILES string of the molecule is CCCCCCCCCCCC[S+](CCCCCCCCCCCC)CCCCCCCCCCCC.CCCCCCCCCCCC[S+](CCCCCCCCCCCC)CCCCCCCCCCCC.[O]=[Cr](=[O])([O-])[O-]. The third-order valence-corrected chi connectivity index (χ3v) is 21.9. The Kier molecular flexibility index (Phi) is 81.6. The number of hydrogen-bond acceptors (Lipinski definition) is 4. The van der Waals surface area contributed by atoms with Gasteiger partial charge < -0.3 is 0 Å². The van der Waals surface area contributed by atoms with Crippen molar-refractivity contribution >= 4 is 21.8 Å². The second kappa shape index (κ2) is 76.8. The van der Waals surface area contributed by atoms with Gasteiger partial charge >= 0.3 is 29.5 Å². The number of rotatable bonds is 66. The molecule has 0 aliphatic heterocycles. The second-order valence-electron chi connectivity index (χ2n) is 24.9. The summed E-state index contributed by atoms with van der Waals surface area (Å²) in [5.41, 5.74) is 0. The molecule has 0 bridgehead atoms. The maximum atomic E-state index is 8.59. The van der Waals surface area contributed by atoms with Gasteiger partial charge in [0.25, 0.3) is 0 Å². The predicted octanol–water partition coefficient (Wildman–Crippen LogP) is 24.1. The molecule has 0 spiro atoms. The van der Waals surface area contributed by atoms with Crippen LogP contribution >= 0.6 is 0 Å². The molecule has 0 aromatic rings. The first-order valence-electron chi connectivity index (χ1n) is 36.6. The van der Waals surface area contributed by atoms with Crippen LogP contribution in [0.25, 0.3) is 0 Å². The van der Waals surface area contributed by atoms with Crippen molar-refractivity contribution in [3.63, 3.8) is 0 Å². The zero-order valence-electron chi connectivity index (χ0n) is 55.5. The Balaban J connectivity index is -0.00000134. The minimum atomic E-state index is -5.75. The van der Waals surface area contributed by atoms with Crippen molar-refractivity contribution in [1.82, 2.24) is 0 Å². The molecule has 0 aromatic heterocycles. The van der Waals surface area contributed by atoms with E-state index in [4.69, 9.17) is 15.9 Å². The van der Waals surface area contributed by atoms with Crippen molar-refractivity contribution in [2.45, 2.75) is 427 Å². The van der Waals surface area contributed by atoms with Gasteiger partial charge in [0.1, 0.15) is 34.5 Å². The molecule has 0 saturated heterocycles. The van der Waals surface area contributed by atoms with Gasteiger partial charge in [0, 0.05) is 0 Å². The fourth-order valence-electron chi connectivity index (χ4n) is 11.4. The summed E-state index contributed by atoms with van der Waals surface area (Å²) in [4.78, 5) is 0. The van der Waals surface area contributed by atoms with E-state index in [-0.39, 0.29) is 0 Å². The van der Waals surface area contributed by atoms with E-state index in [2.05, 4.69) is 41.5 Å². The molecule has 0 saturated carbocycles. The van der Waals surface area contributed by atoms with Gasteiger partial charge in [-0.1, -0.05) is 350 Å². The minimum absolute atomic E-state index is 0.738. The van der Waals surface area contributed by atoms with Gasteiger partial charge in [-0.3, -0.25) is 0 Å². The van der Waals surface area contributed by atoms with Crippen LogP contribution in [-0.2, 0) is 43.0 Å². The summed E-state index contributed by atoms with van der Waals surface area (Å²) in [6.45, 7) is 13.9. The Morgan fingerprint density at radius 3 is 0.342 bits per heavy atom. The molecule has 79 heavy (non-hydrogen) atoms. The Morgan fingerprint density at radius 2 is 0.253 bits per heavy atom. The van der Waals surface area contributed by atoms with Crippen LogP contribution in [-0.4, -0.2) is 34.5 Å². The summed E-state index contributed by atoms with van der Waals surface area (Å²) < 4.78 is 34.4. The van der Waals surface area contributed by atoms with Gasteiger partial charge in [0.05, 0.1) is 0 Å². The van der Waals surface area contributed by atoms with Crippen LogP contribution in [0.15, 0.2) is 0 Å². The molecule has 7 heteroatoms. The second-order valence-corrected chi connectivity index (χ2v) is 31.1.